The van der Waals surface area contributed by atoms with Crippen molar-refractivity contribution in [3.8, 4) is 0 Å². The quantitative estimate of drug-likeness (QED) is 0.403. The number of anilines is 3. The number of carboxylic acid groups (broad SMARTS) is 1. The van der Waals surface area contributed by atoms with Gasteiger partial charge in [-0.05, 0) is 43.7 Å². The van der Waals surface area contributed by atoms with E-state index >= 15 is 0 Å². The first-order valence-electron chi connectivity index (χ1n) is 12.6. The van der Waals surface area contributed by atoms with Gasteiger partial charge in [0.05, 0.1) is 13.2 Å². The Kier molecular flexibility index (Phi) is 8.90. The van der Waals surface area contributed by atoms with Crippen molar-refractivity contribution in [1.29, 1.82) is 0 Å². The lowest BCUT2D eigenvalue weighted by Gasteiger charge is -2.28. The van der Waals surface area contributed by atoms with E-state index in [1.165, 1.54) is 18.3 Å². The van der Waals surface area contributed by atoms with Crippen molar-refractivity contribution in [3.63, 3.8) is 0 Å². The van der Waals surface area contributed by atoms with Crippen LogP contribution in [0.15, 0.2) is 24.5 Å². The summed E-state index contributed by atoms with van der Waals surface area (Å²) in [6, 6.07) is 5.54. The molecule has 1 atom stereocenters. The lowest BCUT2D eigenvalue weighted by Crippen LogP contribution is -2.37. The van der Waals surface area contributed by atoms with E-state index in [0.717, 1.165) is 81.9 Å². The zero-order chi connectivity index (χ0) is 23.6. The van der Waals surface area contributed by atoms with Crippen LogP contribution < -0.4 is 15.5 Å². The number of nitrogens with zero attached hydrogens (tertiary/aromatic N) is 4. The lowest BCUT2D eigenvalue weighted by atomic mass is 10.0. The van der Waals surface area contributed by atoms with Gasteiger partial charge in [-0.2, -0.15) is 0 Å². The van der Waals surface area contributed by atoms with Crippen molar-refractivity contribution in [2.24, 2.45) is 0 Å². The highest BCUT2D eigenvalue weighted by atomic mass is 16.5. The second-order valence-corrected chi connectivity index (χ2v) is 9.04. The normalized spacial score (nSPS) is 16.4. The van der Waals surface area contributed by atoms with E-state index in [2.05, 4.69) is 37.6 Å². The topological polar surface area (TPSA) is 112 Å². The van der Waals surface area contributed by atoms with Crippen LogP contribution in [0.4, 0.5) is 17.5 Å². The monoisotopic (exact) mass is 468 g/mol. The molecule has 4 rings (SSSR count). The third-order valence-electron chi connectivity index (χ3n) is 6.49. The Balaban J connectivity index is 1.15. The maximum absolute atomic E-state index is 11.8. The number of morpholine rings is 1. The predicted octanol–water partition coefficient (Wildman–Crippen LogP) is 3.51. The van der Waals surface area contributed by atoms with Crippen LogP contribution in [0.3, 0.4) is 0 Å². The van der Waals surface area contributed by atoms with E-state index in [4.69, 9.17) is 9.72 Å². The molecule has 0 aromatic carbocycles. The number of aromatic nitrogens is 3. The molecule has 0 amide bonds. The summed E-state index contributed by atoms with van der Waals surface area (Å²) in [5.41, 5.74) is 2.49. The minimum atomic E-state index is -0.848. The average Bonchev–Trinajstić information content (AvgIpc) is 2.88. The van der Waals surface area contributed by atoms with Crippen molar-refractivity contribution >= 4 is 23.4 Å². The molecule has 2 aromatic heterocycles. The third kappa shape index (κ3) is 7.03. The molecule has 1 saturated heterocycles. The summed E-state index contributed by atoms with van der Waals surface area (Å²) in [5.74, 6) is 1.57. The summed E-state index contributed by atoms with van der Waals surface area (Å²) in [5, 5.41) is 16.1. The van der Waals surface area contributed by atoms with Crippen LogP contribution in [0, 0.1) is 0 Å². The van der Waals surface area contributed by atoms with Crippen molar-refractivity contribution in [2.75, 3.05) is 48.4 Å². The predicted molar refractivity (Wildman–Crippen MR) is 133 cm³/mol. The van der Waals surface area contributed by atoms with E-state index in [1.807, 2.05) is 6.07 Å². The summed E-state index contributed by atoms with van der Waals surface area (Å²) in [6.45, 7) is 3.91. The first kappa shape index (κ1) is 24.2. The number of hydrogen-bond donors (Lipinski definition) is 3. The van der Waals surface area contributed by atoms with Crippen LogP contribution in [0.25, 0.3) is 0 Å². The largest absolute Gasteiger partial charge is 0.480 e. The molecule has 0 radical (unpaired) electrons. The highest BCUT2D eigenvalue weighted by Gasteiger charge is 2.19. The van der Waals surface area contributed by atoms with Crippen molar-refractivity contribution in [1.82, 2.24) is 15.0 Å². The van der Waals surface area contributed by atoms with Crippen LogP contribution in [-0.2, 0) is 22.4 Å². The third-order valence-corrected chi connectivity index (χ3v) is 6.49. The summed E-state index contributed by atoms with van der Waals surface area (Å²) in [7, 11) is 0. The van der Waals surface area contributed by atoms with E-state index in [9.17, 15) is 9.90 Å². The lowest BCUT2D eigenvalue weighted by molar-refractivity contribution is -0.138. The molecule has 2 aliphatic heterocycles. The van der Waals surface area contributed by atoms with E-state index < -0.39 is 12.0 Å². The van der Waals surface area contributed by atoms with Gasteiger partial charge >= 0.3 is 5.97 Å². The Bertz CT molecular complexity index is 935. The second-order valence-electron chi connectivity index (χ2n) is 9.04. The maximum Gasteiger partial charge on any atom is 0.326 e. The summed E-state index contributed by atoms with van der Waals surface area (Å²) < 4.78 is 5.39. The number of ether oxygens (including phenoxy) is 1. The molecular formula is C25H36N6O3. The standard InChI is InChI=1S/C25H36N6O3/c32-25(33)21(30-22-17-23(28-18-27-22)31-13-15-34-16-14-31)9-5-3-1-2-4-8-20-11-10-19-7-6-12-26-24(19)29-20/h10-11,17-18,21H,1-9,12-16H2,(H,26,29)(H,32,33)(H,27,28,30)/t21-/m0/s1. The number of fused-ring (bicyclic) bond motifs is 1. The Morgan fingerprint density at radius 2 is 1.97 bits per heavy atom. The Morgan fingerprint density at radius 3 is 2.82 bits per heavy atom. The smallest absolute Gasteiger partial charge is 0.326 e. The van der Waals surface area contributed by atoms with Gasteiger partial charge in [-0.3, -0.25) is 0 Å². The number of aliphatic carboxylic acids is 1. The molecule has 0 bridgehead atoms. The molecule has 2 aliphatic rings. The number of carboxylic acids is 1. The number of nitrogens with one attached hydrogen (secondary N) is 2. The van der Waals surface area contributed by atoms with Gasteiger partial charge in [-0.15, -0.1) is 0 Å². The summed E-state index contributed by atoms with van der Waals surface area (Å²) >= 11 is 0. The number of pyridine rings is 1. The van der Waals surface area contributed by atoms with Gasteiger partial charge in [0.15, 0.2) is 0 Å². The van der Waals surface area contributed by atoms with Gasteiger partial charge in [0.1, 0.15) is 29.8 Å². The minimum absolute atomic E-state index is 0.552. The molecule has 34 heavy (non-hydrogen) atoms. The zero-order valence-corrected chi connectivity index (χ0v) is 19.8. The molecule has 0 saturated carbocycles. The highest BCUT2D eigenvalue weighted by molar-refractivity contribution is 5.77. The molecule has 3 N–H and O–H groups in total. The molecule has 9 nitrogen and oxygen atoms in total. The zero-order valence-electron chi connectivity index (χ0n) is 19.8. The van der Waals surface area contributed by atoms with Crippen LogP contribution >= 0.6 is 0 Å². The summed E-state index contributed by atoms with van der Waals surface area (Å²) in [4.78, 5) is 27.2. The second kappa shape index (κ2) is 12.5. The first-order valence-corrected chi connectivity index (χ1v) is 12.6. The molecule has 0 unspecified atom stereocenters. The molecule has 0 aliphatic carbocycles. The van der Waals surface area contributed by atoms with Crippen LogP contribution in [0.2, 0.25) is 0 Å². The van der Waals surface area contributed by atoms with Gasteiger partial charge in [-0.25, -0.2) is 19.7 Å². The van der Waals surface area contributed by atoms with Crippen molar-refractivity contribution in [2.45, 2.75) is 63.8 Å². The fourth-order valence-corrected chi connectivity index (χ4v) is 4.52. The Labute approximate surface area is 201 Å². The first-order chi connectivity index (χ1) is 16.7. The van der Waals surface area contributed by atoms with E-state index in [0.29, 0.717) is 25.5 Å². The van der Waals surface area contributed by atoms with Gasteiger partial charge in [-0.1, -0.05) is 31.7 Å². The van der Waals surface area contributed by atoms with E-state index in [1.54, 1.807) is 0 Å². The average molecular weight is 469 g/mol. The highest BCUT2D eigenvalue weighted by Crippen LogP contribution is 2.21. The number of carbonyl (C=O) groups is 1. The fourth-order valence-electron chi connectivity index (χ4n) is 4.52. The van der Waals surface area contributed by atoms with E-state index in [-0.39, 0.29) is 0 Å². The van der Waals surface area contributed by atoms with Crippen LogP contribution in [0.5, 0.6) is 0 Å². The van der Waals surface area contributed by atoms with Gasteiger partial charge in [0, 0.05) is 31.4 Å². The SMILES string of the molecule is O=C(O)[C@H](CCCCCCCc1ccc2c(n1)NCCC2)Nc1cc(N2CCOCC2)ncn1. The molecule has 0 spiro atoms. The number of rotatable bonds is 12. The minimum Gasteiger partial charge on any atom is -0.480 e. The molecule has 9 heteroatoms. The molecular weight excluding hydrogens is 432 g/mol. The van der Waals surface area contributed by atoms with Crippen LogP contribution in [-0.4, -0.2) is 64.9 Å². The summed E-state index contributed by atoms with van der Waals surface area (Å²) in [6.07, 6.45) is 10.6. The maximum atomic E-state index is 11.8. The van der Waals surface area contributed by atoms with Gasteiger partial charge < -0.3 is 25.4 Å². The molecule has 2 aromatic rings. The molecule has 1 fully saturated rings. The number of unbranched alkanes of at least 4 members (excludes halogenated alkanes) is 4. The molecule has 4 heterocycles. The number of aryl methyl sites for hydroxylation is 2. The Morgan fingerprint density at radius 1 is 1.15 bits per heavy atom. The van der Waals surface area contributed by atoms with Gasteiger partial charge in [0.2, 0.25) is 0 Å². The van der Waals surface area contributed by atoms with Crippen LogP contribution in [0.1, 0.15) is 56.2 Å². The number of hydrogen-bond acceptors (Lipinski definition) is 8. The van der Waals surface area contributed by atoms with Crippen molar-refractivity contribution in [3.05, 3.63) is 35.8 Å². The van der Waals surface area contributed by atoms with Crippen molar-refractivity contribution < 1.29 is 14.6 Å². The molecule has 184 valence electrons. The fraction of sp³-hybridized carbons (Fsp3) is 0.600. The van der Waals surface area contributed by atoms with Gasteiger partial charge in [0.25, 0.3) is 0 Å². The Hall–Kier alpha value is -2.94.